The SMILES string of the molecule is CC(NCC1(CO)COC1)c1ccc(OCc2cccnc2)cc1. The van der Waals surface area contributed by atoms with Gasteiger partial charge in [-0.1, -0.05) is 18.2 Å². The Kier molecular flexibility index (Phi) is 5.45. The van der Waals surface area contributed by atoms with Gasteiger partial charge in [-0.15, -0.1) is 0 Å². The zero-order valence-electron chi connectivity index (χ0n) is 13.9. The molecule has 1 aromatic carbocycles. The summed E-state index contributed by atoms with van der Waals surface area (Å²) in [6.07, 6.45) is 3.56. The van der Waals surface area contributed by atoms with Crippen LogP contribution in [-0.2, 0) is 11.3 Å². The van der Waals surface area contributed by atoms with Crippen LogP contribution in [-0.4, -0.2) is 36.5 Å². The molecular formula is C19H24N2O3. The van der Waals surface area contributed by atoms with Crippen LogP contribution in [0.15, 0.2) is 48.8 Å². The maximum absolute atomic E-state index is 9.47. The average Bonchev–Trinajstić information content (AvgIpc) is 2.60. The fourth-order valence-electron chi connectivity index (χ4n) is 2.63. The molecule has 2 N–H and O–H groups in total. The van der Waals surface area contributed by atoms with Crippen LogP contribution in [0.25, 0.3) is 0 Å². The first-order valence-corrected chi connectivity index (χ1v) is 8.24. The van der Waals surface area contributed by atoms with Gasteiger partial charge in [0.2, 0.25) is 0 Å². The molecule has 1 saturated heterocycles. The Morgan fingerprint density at radius 2 is 2.08 bits per heavy atom. The summed E-state index contributed by atoms with van der Waals surface area (Å²) in [4.78, 5) is 4.08. The van der Waals surface area contributed by atoms with Crippen molar-refractivity contribution >= 4 is 0 Å². The molecule has 0 spiro atoms. The van der Waals surface area contributed by atoms with E-state index in [0.717, 1.165) is 17.9 Å². The minimum atomic E-state index is -0.110. The van der Waals surface area contributed by atoms with Crippen LogP contribution in [0.5, 0.6) is 5.75 Å². The Morgan fingerprint density at radius 3 is 2.67 bits per heavy atom. The molecule has 0 saturated carbocycles. The van der Waals surface area contributed by atoms with E-state index in [9.17, 15) is 5.11 Å². The van der Waals surface area contributed by atoms with Gasteiger partial charge in [0.1, 0.15) is 12.4 Å². The molecule has 1 unspecified atom stereocenters. The van der Waals surface area contributed by atoms with Crippen LogP contribution in [0, 0.1) is 5.41 Å². The number of nitrogens with one attached hydrogen (secondary N) is 1. The number of pyridine rings is 1. The summed E-state index contributed by atoms with van der Waals surface area (Å²) in [6.45, 7) is 4.81. The molecule has 0 aliphatic carbocycles. The zero-order chi connectivity index (χ0) is 16.8. The van der Waals surface area contributed by atoms with Crippen LogP contribution in [0.4, 0.5) is 0 Å². The van der Waals surface area contributed by atoms with Gasteiger partial charge in [-0.25, -0.2) is 0 Å². The molecule has 3 rings (SSSR count). The predicted octanol–water partition coefficient (Wildman–Crippen LogP) is 2.32. The van der Waals surface area contributed by atoms with Crippen molar-refractivity contribution in [3.63, 3.8) is 0 Å². The van der Waals surface area contributed by atoms with Crippen LogP contribution in [0.3, 0.4) is 0 Å². The summed E-state index contributed by atoms with van der Waals surface area (Å²) in [5, 5.41) is 12.9. The van der Waals surface area contributed by atoms with Crippen LogP contribution < -0.4 is 10.1 Å². The van der Waals surface area contributed by atoms with E-state index in [4.69, 9.17) is 9.47 Å². The summed E-state index contributed by atoms with van der Waals surface area (Å²) in [5.41, 5.74) is 2.13. The highest BCUT2D eigenvalue weighted by atomic mass is 16.5. The summed E-state index contributed by atoms with van der Waals surface area (Å²) in [6, 6.07) is 12.2. The first-order chi connectivity index (χ1) is 11.7. The maximum atomic E-state index is 9.47. The molecule has 1 atom stereocenters. The summed E-state index contributed by atoms with van der Waals surface area (Å²) in [7, 11) is 0. The van der Waals surface area contributed by atoms with E-state index in [1.807, 2.05) is 30.5 Å². The zero-order valence-corrected chi connectivity index (χ0v) is 13.9. The van der Waals surface area contributed by atoms with E-state index >= 15 is 0 Å². The Labute approximate surface area is 142 Å². The second-order valence-electron chi connectivity index (χ2n) is 6.47. The van der Waals surface area contributed by atoms with Gasteiger partial charge in [0.05, 0.1) is 25.2 Å². The number of aliphatic hydroxyl groups is 1. The van der Waals surface area contributed by atoms with Gasteiger partial charge >= 0.3 is 0 Å². The minimum absolute atomic E-state index is 0.110. The summed E-state index contributed by atoms with van der Waals surface area (Å²) < 4.78 is 11.0. The third-order valence-electron chi connectivity index (χ3n) is 4.44. The molecule has 5 nitrogen and oxygen atoms in total. The van der Waals surface area contributed by atoms with Gasteiger partial charge < -0.3 is 19.9 Å². The first-order valence-electron chi connectivity index (χ1n) is 8.24. The number of aromatic nitrogens is 1. The highest BCUT2D eigenvalue weighted by Crippen LogP contribution is 2.27. The Hall–Kier alpha value is -1.95. The molecule has 1 aliphatic rings. The second kappa shape index (κ2) is 7.75. The van der Waals surface area contributed by atoms with E-state index in [0.29, 0.717) is 19.8 Å². The highest BCUT2D eigenvalue weighted by molar-refractivity contribution is 5.29. The molecule has 24 heavy (non-hydrogen) atoms. The van der Waals surface area contributed by atoms with Gasteiger partial charge in [-0.3, -0.25) is 4.98 Å². The monoisotopic (exact) mass is 328 g/mol. The molecule has 1 fully saturated rings. The standard InChI is InChI=1S/C19H24N2O3/c1-15(21-11-19(12-22)13-23-14-19)17-4-6-18(7-5-17)24-10-16-3-2-8-20-9-16/h2-9,15,21-22H,10-14H2,1H3. The highest BCUT2D eigenvalue weighted by Gasteiger charge is 2.37. The number of ether oxygens (including phenoxy) is 2. The third-order valence-corrected chi connectivity index (χ3v) is 4.44. The largest absolute Gasteiger partial charge is 0.489 e. The molecule has 2 aromatic rings. The van der Waals surface area contributed by atoms with E-state index < -0.39 is 0 Å². The number of hydrogen-bond donors (Lipinski definition) is 2. The van der Waals surface area contributed by atoms with E-state index in [2.05, 4.69) is 29.4 Å². The topological polar surface area (TPSA) is 63.6 Å². The van der Waals surface area contributed by atoms with Gasteiger partial charge in [-0.05, 0) is 30.7 Å². The molecule has 0 bridgehead atoms. The maximum Gasteiger partial charge on any atom is 0.119 e. The Balaban J connectivity index is 1.50. The number of benzene rings is 1. The molecule has 0 amide bonds. The van der Waals surface area contributed by atoms with Gasteiger partial charge in [0, 0.05) is 30.5 Å². The molecule has 5 heteroatoms. The molecule has 128 valence electrons. The Morgan fingerprint density at radius 1 is 1.29 bits per heavy atom. The summed E-state index contributed by atoms with van der Waals surface area (Å²) in [5.74, 6) is 0.842. The number of nitrogens with zero attached hydrogens (tertiary/aromatic N) is 1. The van der Waals surface area contributed by atoms with Crippen molar-refractivity contribution < 1.29 is 14.6 Å². The van der Waals surface area contributed by atoms with Crippen LogP contribution in [0.2, 0.25) is 0 Å². The van der Waals surface area contributed by atoms with Crippen molar-refractivity contribution in [3.8, 4) is 5.75 Å². The second-order valence-corrected chi connectivity index (χ2v) is 6.47. The predicted molar refractivity (Wildman–Crippen MR) is 91.8 cm³/mol. The minimum Gasteiger partial charge on any atom is -0.489 e. The van der Waals surface area contributed by atoms with Gasteiger partial charge in [-0.2, -0.15) is 0 Å². The lowest BCUT2D eigenvalue weighted by molar-refractivity contribution is -0.135. The molecule has 1 aromatic heterocycles. The third kappa shape index (κ3) is 4.12. The van der Waals surface area contributed by atoms with E-state index in [1.54, 1.807) is 6.20 Å². The van der Waals surface area contributed by atoms with Gasteiger partial charge in [0.15, 0.2) is 0 Å². The van der Waals surface area contributed by atoms with Crippen molar-refractivity contribution in [1.29, 1.82) is 0 Å². The number of hydrogen-bond acceptors (Lipinski definition) is 5. The van der Waals surface area contributed by atoms with E-state index in [1.165, 1.54) is 5.56 Å². The van der Waals surface area contributed by atoms with Crippen molar-refractivity contribution in [3.05, 3.63) is 59.9 Å². The quantitative estimate of drug-likeness (QED) is 0.779. The molecular weight excluding hydrogens is 304 g/mol. The molecule has 0 radical (unpaired) electrons. The Bertz CT molecular complexity index is 621. The lowest BCUT2D eigenvalue weighted by atomic mass is 9.86. The van der Waals surface area contributed by atoms with Crippen LogP contribution >= 0.6 is 0 Å². The fraction of sp³-hybridized carbons (Fsp3) is 0.421. The van der Waals surface area contributed by atoms with Gasteiger partial charge in [0.25, 0.3) is 0 Å². The smallest absolute Gasteiger partial charge is 0.119 e. The molecule has 1 aliphatic heterocycles. The summed E-state index contributed by atoms with van der Waals surface area (Å²) >= 11 is 0. The van der Waals surface area contributed by atoms with E-state index in [-0.39, 0.29) is 18.1 Å². The van der Waals surface area contributed by atoms with Crippen molar-refractivity contribution in [2.24, 2.45) is 5.41 Å². The fourth-order valence-corrected chi connectivity index (χ4v) is 2.63. The lowest BCUT2D eigenvalue weighted by Crippen LogP contribution is -2.52. The average molecular weight is 328 g/mol. The number of rotatable bonds is 8. The van der Waals surface area contributed by atoms with Crippen LogP contribution in [0.1, 0.15) is 24.1 Å². The number of aliphatic hydroxyl groups excluding tert-OH is 1. The first kappa shape index (κ1) is 16.9. The van der Waals surface area contributed by atoms with Crippen molar-refractivity contribution in [1.82, 2.24) is 10.3 Å². The van der Waals surface area contributed by atoms with Crippen molar-refractivity contribution in [2.75, 3.05) is 26.4 Å². The lowest BCUT2D eigenvalue weighted by Gasteiger charge is -2.40. The molecule has 2 heterocycles. The van der Waals surface area contributed by atoms with Crippen molar-refractivity contribution in [2.45, 2.75) is 19.6 Å². The normalized spacial score (nSPS) is 17.1.